The zero-order valence-corrected chi connectivity index (χ0v) is 16.8. The predicted molar refractivity (Wildman–Crippen MR) is 110 cm³/mol. The van der Waals surface area contributed by atoms with Gasteiger partial charge < -0.3 is 9.80 Å². The summed E-state index contributed by atoms with van der Waals surface area (Å²) < 4.78 is 14.2. The lowest BCUT2D eigenvalue weighted by molar-refractivity contribution is 0.0642. The van der Waals surface area contributed by atoms with E-state index in [1.807, 2.05) is 11.6 Å². The molecule has 5 nitrogen and oxygen atoms in total. The summed E-state index contributed by atoms with van der Waals surface area (Å²) in [6, 6.07) is 4.54. The second-order valence-corrected chi connectivity index (χ2v) is 7.96. The largest absolute Gasteiger partial charge is 0.336 e. The minimum absolute atomic E-state index is 0.0240. The van der Waals surface area contributed by atoms with Crippen molar-refractivity contribution in [3.63, 3.8) is 0 Å². The van der Waals surface area contributed by atoms with Crippen LogP contribution < -0.4 is 4.90 Å². The molecular weight excluding hydrogens is 399 g/mol. The van der Waals surface area contributed by atoms with Crippen LogP contribution in [-0.2, 0) is 0 Å². The van der Waals surface area contributed by atoms with E-state index in [1.54, 1.807) is 22.3 Å². The van der Waals surface area contributed by atoms with Crippen LogP contribution in [0.3, 0.4) is 0 Å². The van der Waals surface area contributed by atoms with Gasteiger partial charge in [-0.05, 0) is 18.2 Å². The Morgan fingerprint density at radius 3 is 2.82 bits per heavy atom. The molecular formula is C20H20ClFN4OS. The number of rotatable bonds is 4. The molecule has 0 bridgehead atoms. The number of carbonyl (C=O) groups excluding carboxylic acids is 1. The number of carbonyl (C=O) groups is 1. The van der Waals surface area contributed by atoms with Crippen LogP contribution in [-0.4, -0.2) is 60.0 Å². The van der Waals surface area contributed by atoms with Crippen molar-refractivity contribution >= 4 is 34.0 Å². The van der Waals surface area contributed by atoms with Crippen LogP contribution in [0.4, 0.5) is 9.52 Å². The standard InChI is InChI=1S/C20H20ClFN4OS/c21-17-6-3-5-16(18(17)22)19(27)25-11-9-24(10-12-25)14-15-4-1-2-8-26(15)20-23-7-13-28-20/h1-7,13H,8-12,14H2. The summed E-state index contributed by atoms with van der Waals surface area (Å²) in [4.78, 5) is 23.3. The van der Waals surface area contributed by atoms with Crippen molar-refractivity contribution < 1.29 is 9.18 Å². The molecule has 4 rings (SSSR count). The lowest BCUT2D eigenvalue weighted by Gasteiger charge is -2.37. The Labute approximate surface area is 172 Å². The Kier molecular flexibility index (Phi) is 5.75. The van der Waals surface area contributed by atoms with Crippen molar-refractivity contribution in [2.24, 2.45) is 0 Å². The maximum atomic E-state index is 14.2. The minimum Gasteiger partial charge on any atom is -0.336 e. The van der Waals surface area contributed by atoms with Crippen LogP contribution in [0.2, 0.25) is 5.02 Å². The number of hydrogen-bond acceptors (Lipinski definition) is 5. The van der Waals surface area contributed by atoms with Crippen molar-refractivity contribution in [3.8, 4) is 0 Å². The van der Waals surface area contributed by atoms with E-state index >= 15 is 0 Å². The number of piperazine rings is 1. The molecule has 1 saturated heterocycles. The molecule has 0 spiro atoms. The third kappa shape index (κ3) is 3.97. The first kappa shape index (κ1) is 19.1. The molecule has 0 unspecified atom stereocenters. The molecule has 3 heterocycles. The van der Waals surface area contributed by atoms with Gasteiger partial charge in [0, 0.05) is 56.5 Å². The highest BCUT2D eigenvalue weighted by Crippen LogP contribution is 2.25. The van der Waals surface area contributed by atoms with Gasteiger partial charge in [-0.2, -0.15) is 0 Å². The lowest BCUT2D eigenvalue weighted by atomic mass is 10.1. The molecule has 146 valence electrons. The summed E-state index contributed by atoms with van der Waals surface area (Å²) in [6.45, 7) is 4.20. The van der Waals surface area contributed by atoms with Crippen molar-refractivity contribution in [3.05, 3.63) is 70.1 Å². The molecule has 0 saturated carbocycles. The summed E-state index contributed by atoms with van der Waals surface area (Å²) in [5.74, 6) is -0.946. The van der Waals surface area contributed by atoms with E-state index in [0.29, 0.717) is 13.1 Å². The SMILES string of the molecule is O=C(c1cccc(Cl)c1F)N1CCN(CC2=CC=CCN2c2nccs2)CC1. The molecule has 0 atom stereocenters. The minimum atomic E-state index is -0.644. The highest BCUT2D eigenvalue weighted by atomic mass is 35.5. The van der Waals surface area contributed by atoms with Crippen LogP contribution in [0.25, 0.3) is 0 Å². The van der Waals surface area contributed by atoms with Crippen molar-refractivity contribution in [2.75, 3.05) is 44.2 Å². The molecule has 1 aromatic heterocycles. The molecule has 1 fully saturated rings. The molecule has 0 N–H and O–H groups in total. The highest BCUT2D eigenvalue weighted by Gasteiger charge is 2.26. The van der Waals surface area contributed by atoms with Gasteiger partial charge in [0.05, 0.1) is 10.6 Å². The number of halogens is 2. The van der Waals surface area contributed by atoms with E-state index in [2.05, 4.69) is 33.0 Å². The fourth-order valence-electron chi connectivity index (χ4n) is 3.42. The van der Waals surface area contributed by atoms with Crippen LogP contribution >= 0.6 is 22.9 Å². The normalized spacial score (nSPS) is 17.7. The monoisotopic (exact) mass is 418 g/mol. The topological polar surface area (TPSA) is 39.7 Å². The Bertz CT molecular complexity index is 907. The molecule has 0 aliphatic carbocycles. The number of hydrogen-bond donors (Lipinski definition) is 0. The Morgan fingerprint density at radius 1 is 1.25 bits per heavy atom. The molecule has 2 aliphatic heterocycles. The van der Waals surface area contributed by atoms with Gasteiger partial charge in [-0.15, -0.1) is 11.3 Å². The van der Waals surface area contributed by atoms with E-state index in [4.69, 9.17) is 11.6 Å². The molecule has 1 aromatic carbocycles. The average Bonchev–Trinajstić information content (AvgIpc) is 3.25. The smallest absolute Gasteiger partial charge is 0.256 e. The number of allylic oxidation sites excluding steroid dienone is 2. The highest BCUT2D eigenvalue weighted by molar-refractivity contribution is 7.13. The zero-order valence-electron chi connectivity index (χ0n) is 15.2. The van der Waals surface area contributed by atoms with Gasteiger partial charge in [-0.1, -0.05) is 29.8 Å². The van der Waals surface area contributed by atoms with Gasteiger partial charge >= 0.3 is 0 Å². The van der Waals surface area contributed by atoms with E-state index in [0.717, 1.165) is 31.3 Å². The molecule has 8 heteroatoms. The number of amides is 1. The fourth-order valence-corrected chi connectivity index (χ4v) is 4.28. The zero-order chi connectivity index (χ0) is 19.5. The third-order valence-electron chi connectivity index (χ3n) is 4.94. The number of nitrogens with zero attached hydrogens (tertiary/aromatic N) is 4. The second-order valence-electron chi connectivity index (χ2n) is 6.68. The van der Waals surface area contributed by atoms with Crippen LogP contribution in [0, 0.1) is 5.82 Å². The maximum Gasteiger partial charge on any atom is 0.256 e. The van der Waals surface area contributed by atoms with Gasteiger partial charge in [-0.25, -0.2) is 9.37 Å². The summed E-state index contributed by atoms with van der Waals surface area (Å²) in [7, 11) is 0. The molecule has 2 aliphatic rings. The average molecular weight is 419 g/mol. The van der Waals surface area contributed by atoms with Crippen LogP contribution in [0.15, 0.2) is 53.7 Å². The van der Waals surface area contributed by atoms with Gasteiger partial charge in [0.25, 0.3) is 5.91 Å². The predicted octanol–water partition coefficient (Wildman–Crippen LogP) is 3.65. The lowest BCUT2D eigenvalue weighted by Crippen LogP contribution is -2.50. The van der Waals surface area contributed by atoms with Crippen LogP contribution in [0.5, 0.6) is 0 Å². The van der Waals surface area contributed by atoms with Crippen LogP contribution in [0.1, 0.15) is 10.4 Å². The van der Waals surface area contributed by atoms with E-state index in [1.165, 1.54) is 17.8 Å². The van der Waals surface area contributed by atoms with Crippen molar-refractivity contribution in [1.82, 2.24) is 14.8 Å². The molecule has 1 amide bonds. The summed E-state index contributed by atoms with van der Waals surface area (Å²) in [5, 5.41) is 2.94. The second kappa shape index (κ2) is 8.43. The van der Waals surface area contributed by atoms with Gasteiger partial charge in [0.15, 0.2) is 10.9 Å². The first-order valence-corrected chi connectivity index (χ1v) is 10.4. The first-order valence-electron chi connectivity index (χ1n) is 9.12. The Morgan fingerprint density at radius 2 is 2.07 bits per heavy atom. The quantitative estimate of drug-likeness (QED) is 0.759. The molecule has 28 heavy (non-hydrogen) atoms. The molecule has 2 aromatic rings. The van der Waals surface area contributed by atoms with E-state index in [9.17, 15) is 9.18 Å². The van der Waals surface area contributed by atoms with Crippen molar-refractivity contribution in [2.45, 2.75) is 0 Å². The Hall–Kier alpha value is -2.22. The third-order valence-corrected chi connectivity index (χ3v) is 6.02. The summed E-state index contributed by atoms with van der Waals surface area (Å²) >= 11 is 7.43. The summed E-state index contributed by atoms with van der Waals surface area (Å²) in [6.07, 6.45) is 8.11. The Balaban J connectivity index is 1.38. The fraction of sp³-hybridized carbons (Fsp3) is 0.300. The number of aromatic nitrogens is 1. The molecule has 0 radical (unpaired) electrons. The summed E-state index contributed by atoms with van der Waals surface area (Å²) in [5.41, 5.74) is 1.23. The van der Waals surface area contributed by atoms with Gasteiger partial charge in [0.1, 0.15) is 0 Å². The van der Waals surface area contributed by atoms with Gasteiger partial charge in [-0.3, -0.25) is 9.69 Å². The number of thiazole rings is 1. The first-order chi connectivity index (χ1) is 13.6. The number of anilines is 1. The van der Waals surface area contributed by atoms with E-state index < -0.39 is 5.82 Å². The van der Waals surface area contributed by atoms with E-state index in [-0.39, 0.29) is 16.5 Å². The van der Waals surface area contributed by atoms with Crippen molar-refractivity contribution in [1.29, 1.82) is 0 Å². The van der Waals surface area contributed by atoms with Gasteiger partial charge in [0.2, 0.25) is 0 Å². The number of benzene rings is 1. The maximum absolute atomic E-state index is 14.2.